The number of nitrogens with one attached hydrogen (secondary N) is 1. The molecule has 1 aromatic heterocycles. The van der Waals surface area contributed by atoms with Gasteiger partial charge in [0.25, 0.3) is 0 Å². The molecule has 2 aromatic rings. The lowest BCUT2D eigenvalue weighted by Gasteiger charge is -2.06. The summed E-state index contributed by atoms with van der Waals surface area (Å²) in [6.45, 7) is 7.41. The lowest BCUT2D eigenvalue weighted by molar-refractivity contribution is 0.505. The predicted octanol–water partition coefficient (Wildman–Crippen LogP) is 5.02. The molecule has 3 heteroatoms. The van der Waals surface area contributed by atoms with Gasteiger partial charge in [-0.1, -0.05) is 29.3 Å². The molecule has 20 heavy (non-hydrogen) atoms. The molecule has 3 rings (SSSR count). The maximum absolute atomic E-state index is 6.16. The third kappa shape index (κ3) is 2.53. The topological polar surface area (TPSA) is 25.2 Å². The molecule has 1 saturated carbocycles. The van der Waals surface area contributed by atoms with Crippen molar-refractivity contribution in [1.29, 1.82) is 0 Å². The number of hydrogen-bond acceptors (Lipinski definition) is 2. The highest BCUT2D eigenvalue weighted by molar-refractivity contribution is 9.10. The molecule has 2 nitrogen and oxygen atoms in total. The second-order valence-corrected chi connectivity index (χ2v) is 6.71. The number of aryl methyl sites for hydroxylation is 3. The molecule has 1 aliphatic carbocycles. The van der Waals surface area contributed by atoms with E-state index >= 15 is 0 Å². The first-order valence-corrected chi connectivity index (χ1v) is 8.34. The van der Waals surface area contributed by atoms with Crippen molar-refractivity contribution in [1.82, 2.24) is 5.32 Å². The van der Waals surface area contributed by atoms with E-state index in [1.807, 2.05) is 0 Å². The van der Waals surface area contributed by atoms with Crippen LogP contribution in [0.1, 0.15) is 48.6 Å². The van der Waals surface area contributed by atoms with Crippen LogP contribution in [-0.4, -0.2) is 6.04 Å². The Labute approximate surface area is 129 Å². The first-order chi connectivity index (χ1) is 9.61. The van der Waals surface area contributed by atoms with Gasteiger partial charge in [-0.05, 0) is 50.3 Å². The predicted molar refractivity (Wildman–Crippen MR) is 87.2 cm³/mol. The number of benzene rings is 1. The van der Waals surface area contributed by atoms with E-state index in [1.54, 1.807) is 0 Å². The van der Waals surface area contributed by atoms with Crippen LogP contribution in [-0.2, 0) is 13.0 Å². The quantitative estimate of drug-likeness (QED) is 0.830. The summed E-state index contributed by atoms with van der Waals surface area (Å²) in [5, 5.41) is 4.89. The molecule has 1 aromatic carbocycles. The van der Waals surface area contributed by atoms with Gasteiger partial charge in [-0.2, -0.15) is 0 Å². The summed E-state index contributed by atoms with van der Waals surface area (Å²) in [5.41, 5.74) is 4.99. The van der Waals surface area contributed by atoms with Gasteiger partial charge in [0.2, 0.25) is 0 Å². The number of rotatable bonds is 5. The summed E-state index contributed by atoms with van der Waals surface area (Å²) < 4.78 is 7.38. The molecule has 1 heterocycles. The zero-order valence-electron chi connectivity index (χ0n) is 12.5. The van der Waals surface area contributed by atoms with Gasteiger partial charge in [-0.15, -0.1) is 0 Å². The maximum atomic E-state index is 6.16. The van der Waals surface area contributed by atoms with Gasteiger partial charge < -0.3 is 9.73 Å². The molecule has 1 aliphatic rings. The number of fused-ring (bicyclic) bond motifs is 1. The van der Waals surface area contributed by atoms with Crippen molar-refractivity contribution in [3.8, 4) is 0 Å². The molecule has 1 fully saturated rings. The van der Waals surface area contributed by atoms with Crippen LogP contribution in [0, 0.1) is 13.8 Å². The molecule has 0 saturated heterocycles. The van der Waals surface area contributed by atoms with Gasteiger partial charge in [0.05, 0.1) is 6.54 Å². The minimum atomic E-state index is 0.715. The van der Waals surface area contributed by atoms with Gasteiger partial charge >= 0.3 is 0 Å². The second kappa shape index (κ2) is 5.53. The van der Waals surface area contributed by atoms with Crippen molar-refractivity contribution in [2.45, 2.75) is 59.0 Å². The average molecular weight is 336 g/mol. The monoisotopic (exact) mass is 335 g/mol. The smallest absolute Gasteiger partial charge is 0.135 e. The van der Waals surface area contributed by atoms with E-state index in [0.717, 1.165) is 30.7 Å². The summed E-state index contributed by atoms with van der Waals surface area (Å²) in [5.74, 6) is 1.13. The molecular weight excluding hydrogens is 314 g/mol. The van der Waals surface area contributed by atoms with Crippen LogP contribution < -0.4 is 5.32 Å². The van der Waals surface area contributed by atoms with Crippen molar-refractivity contribution in [2.24, 2.45) is 0 Å². The van der Waals surface area contributed by atoms with Gasteiger partial charge in [-0.25, -0.2) is 0 Å². The van der Waals surface area contributed by atoms with Gasteiger partial charge in [0.1, 0.15) is 11.3 Å². The van der Waals surface area contributed by atoms with Crippen LogP contribution >= 0.6 is 15.9 Å². The summed E-state index contributed by atoms with van der Waals surface area (Å²) >= 11 is 3.71. The van der Waals surface area contributed by atoms with Gasteiger partial charge in [-0.3, -0.25) is 0 Å². The van der Waals surface area contributed by atoms with E-state index in [0.29, 0.717) is 6.04 Å². The van der Waals surface area contributed by atoms with Gasteiger partial charge in [0, 0.05) is 21.5 Å². The van der Waals surface area contributed by atoms with E-state index in [2.05, 4.69) is 48.1 Å². The van der Waals surface area contributed by atoms with E-state index in [4.69, 9.17) is 4.42 Å². The van der Waals surface area contributed by atoms with E-state index in [9.17, 15) is 0 Å². The Hall–Kier alpha value is -0.800. The second-order valence-electron chi connectivity index (χ2n) is 5.91. The van der Waals surface area contributed by atoms with Crippen molar-refractivity contribution in [3.05, 3.63) is 33.0 Å². The fraction of sp³-hybridized carbons (Fsp3) is 0.529. The first-order valence-electron chi connectivity index (χ1n) is 7.55. The minimum absolute atomic E-state index is 0.715. The SMILES string of the molecule is CCCc1c(CNC2CC2)oc2cc(C)c(Br)c(C)c12. The Morgan fingerprint density at radius 1 is 1.35 bits per heavy atom. The average Bonchev–Trinajstić information content (AvgIpc) is 3.18. The third-order valence-electron chi connectivity index (χ3n) is 4.14. The highest BCUT2D eigenvalue weighted by Crippen LogP contribution is 2.36. The number of halogens is 1. The molecule has 0 spiro atoms. The van der Waals surface area contributed by atoms with E-state index < -0.39 is 0 Å². The number of hydrogen-bond donors (Lipinski definition) is 1. The largest absolute Gasteiger partial charge is 0.459 e. The normalized spacial score (nSPS) is 15.2. The maximum Gasteiger partial charge on any atom is 0.135 e. The van der Waals surface area contributed by atoms with Crippen molar-refractivity contribution in [2.75, 3.05) is 0 Å². The molecule has 0 aliphatic heterocycles. The molecule has 0 amide bonds. The van der Waals surface area contributed by atoms with Crippen LogP contribution in [0.4, 0.5) is 0 Å². The van der Waals surface area contributed by atoms with Crippen LogP contribution in [0.15, 0.2) is 15.0 Å². The minimum Gasteiger partial charge on any atom is -0.459 e. The molecular formula is C17H22BrNO. The molecule has 0 unspecified atom stereocenters. The summed E-state index contributed by atoms with van der Waals surface area (Å²) in [6, 6.07) is 2.87. The Morgan fingerprint density at radius 2 is 2.10 bits per heavy atom. The van der Waals surface area contributed by atoms with E-state index in [1.165, 1.54) is 39.4 Å². The van der Waals surface area contributed by atoms with Crippen LogP contribution in [0.2, 0.25) is 0 Å². The van der Waals surface area contributed by atoms with Crippen molar-refractivity contribution < 1.29 is 4.42 Å². The molecule has 0 bridgehead atoms. The Kier molecular flexibility index (Phi) is 3.91. The summed E-state index contributed by atoms with van der Waals surface area (Å²) in [6.07, 6.45) is 4.86. The number of furan rings is 1. The first kappa shape index (κ1) is 14.2. The fourth-order valence-corrected chi connectivity index (χ4v) is 3.21. The zero-order valence-corrected chi connectivity index (χ0v) is 14.1. The highest BCUT2D eigenvalue weighted by Gasteiger charge is 2.23. The van der Waals surface area contributed by atoms with Crippen LogP contribution in [0.25, 0.3) is 11.0 Å². The lowest BCUT2D eigenvalue weighted by Crippen LogP contribution is -2.15. The van der Waals surface area contributed by atoms with Crippen LogP contribution in [0.5, 0.6) is 0 Å². The van der Waals surface area contributed by atoms with Crippen molar-refractivity contribution in [3.63, 3.8) is 0 Å². The lowest BCUT2D eigenvalue weighted by atomic mass is 10.0. The van der Waals surface area contributed by atoms with E-state index in [-0.39, 0.29) is 0 Å². The standard InChI is InChI=1S/C17H22BrNO/c1-4-5-13-15(9-19-12-6-7-12)20-14-8-10(2)17(18)11(3)16(13)14/h8,12,19H,4-7,9H2,1-3H3. The molecule has 0 radical (unpaired) electrons. The zero-order chi connectivity index (χ0) is 14.3. The Morgan fingerprint density at radius 3 is 2.75 bits per heavy atom. The highest BCUT2D eigenvalue weighted by atomic mass is 79.9. The van der Waals surface area contributed by atoms with Crippen LogP contribution in [0.3, 0.4) is 0 Å². The molecule has 1 N–H and O–H groups in total. The molecule has 0 atom stereocenters. The van der Waals surface area contributed by atoms with Crippen molar-refractivity contribution >= 4 is 26.9 Å². The summed E-state index contributed by atoms with van der Waals surface area (Å²) in [4.78, 5) is 0. The fourth-order valence-electron chi connectivity index (χ4n) is 2.89. The molecule has 108 valence electrons. The summed E-state index contributed by atoms with van der Waals surface area (Å²) in [7, 11) is 0. The van der Waals surface area contributed by atoms with Gasteiger partial charge in [0.15, 0.2) is 0 Å². The Balaban J connectivity index is 2.08. The third-order valence-corrected chi connectivity index (χ3v) is 5.36. The Bertz CT molecular complexity index is 640.